The molecule has 1 saturated heterocycles. The van der Waals surface area contributed by atoms with E-state index in [0.29, 0.717) is 5.69 Å². The Morgan fingerprint density at radius 3 is 2.68 bits per heavy atom. The first-order valence-electron chi connectivity index (χ1n) is 7.52. The molecular weight excluding hydrogens is 239 g/mol. The van der Waals surface area contributed by atoms with E-state index in [-0.39, 0.29) is 5.82 Å². The van der Waals surface area contributed by atoms with Crippen LogP contribution in [0.5, 0.6) is 0 Å². The van der Waals surface area contributed by atoms with Crippen LogP contribution in [0, 0.1) is 11.7 Å². The lowest BCUT2D eigenvalue weighted by molar-refractivity contribution is 0.183. The van der Waals surface area contributed by atoms with Crippen LogP contribution in [0.1, 0.15) is 44.1 Å². The van der Waals surface area contributed by atoms with Gasteiger partial charge in [-0.15, -0.1) is 0 Å². The molecule has 0 bridgehead atoms. The van der Waals surface area contributed by atoms with E-state index >= 15 is 0 Å². The lowest BCUT2D eigenvalue weighted by Gasteiger charge is -2.29. The highest BCUT2D eigenvalue weighted by Gasteiger charge is 2.33. The van der Waals surface area contributed by atoms with Crippen molar-refractivity contribution in [3.8, 4) is 0 Å². The molecule has 2 N–H and O–H groups in total. The van der Waals surface area contributed by atoms with Gasteiger partial charge in [0.05, 0.1) is 0 Å². The number of nitrogen functional groups attached to an aromatic ring is 1. The summed E-state index contributed by atoms with van der Waals surface area (Å²) in [7, 11) is 0. The molecule has 3 heteroatoms. The lowest BCUT2D eigenvalue weighted by Crippen LogP contribution is -2.34. The van der Waals surface area contributed by atoms with Crippen molar-refractivity contribution in [1.82, 2.24) is 4.90 Å². The number of nitrogens with zero attached hydrogens (tertiary/aromatic N) is 1. The van der Waals surface area contributed by atoms with Gasteiger partial charge in [-0.05, 0) is 55.8 Å². The predicted octanol–water partition coefficient (Wildman–Crippen LogP) is 3.56. The van der Waals surface area contributed by atoms with Gasteiger partial charge in [-0.2, -0.15) is 0 Å². The minimum atomic E-state index is -0.241. The van der Waals surface area contributed by atoms with Crippen molar-refractivity contribution in [2.75, 3.05) is 12.3 Å². The van der Waals surface area contributed by atoms with Gasteiger partial charge in [-0.3, -0.25) is 4.90 Å². The fourth-order valence-corrected chi connectivity index (χ4v) is 3.85. The second-order valence-electron chi connectivity index (χ2n) is 6.07. The highest BCUT2D eigenvalue weighted by atomic mass is 19.1. The van der Waals surface area contributed by atoms with Gasteiger partial charge >= 0.3 is 0 Å². The fraction of sp³-hybridized carbons (Fsp3) is 0.625. The number of hydrogen-bond acceptors (Lipinski definition) is 2. The number of hydrogen-bond donors (Lipinski definition) is 1. The summed E-state index contributed by atoms with van der Waals surface area (Å²) in [4.78, 5) is 2.57. The van der Waals surface area contributed by atoms with Crippen molar-refractivity contribution in [1.29, 1.82) is 0 Å². The van der Waals surface area contributed by atoms with E-state index in [2.05, 4.69) is 4.90 Å². The van der Waals surface area contributed by atoms with Crippen LogP contribution in [-0.2, 0) is 6.54 Å². The molecule has 104 valence electrons. The van der Waals surface area contributed by atoms with Crippen molar-refractivity contribution >= 4 is 5.69 Å². The van der Waals surface area contributed by atoms with E-state index in [0.717, 1.165) is 30.6 Å². The summed E-state index contributed by atoms with van der Waals surface area (Å²) in [6, 6.07) is 5.53. The zero-order valence-corrected chi connectivity index (χ0v) is 11.4. The van der Waals surface area contributed by atoms with Gasteiger partial charge in [-0.1, -0.05) is 18.9 Å². The maximum atomic E-state index is 13.1. The third-order valence-corrected chi connectivity index (χ3v) is 4.84. The third kappa shape index (κ3) is 2.76. The van der Waals surface area contributed by atoms with Gasteiger partial charge in [0.2, 0.25) is 0 Å². The molecule has 1 aromatic carbocycles. The summed E-state index contributed by atoms with van der Waals surface area (Å²) >= 11 is 0. The number of halogens is 1. The largest absolute Gasteiger partial charge is 0.398 e. The van der Waals surface area contributed by atoms with E-state index in [1.54, 1.807) is 0 Å². The molecule has 19 heavy (non-hydrogen) atoms. The van der Waals surface area contributed by atoms with Gasteiger partial charge in [-0.25, -0.2) is 4.39 Å². The maximum absolute atomic E-state index is 13.1. The molecule has 1 atom stereocenters. The van der Waals surface area contributed by atoms with Crippen LogP contribution in [0.25, 0.3) is 0 Å². The molecule has 1 heterocycles. The monoisotopic (exact) mass is 262 g/mol. The normalized spacial score (nSPS) is 25.2. The molecule has 1 aliphatic carbocycles. The van der Waals surface area contributed by atoms with Crippen molar-refractivity contribution in [2.45, 2.75) is 51.1 Å². The molecule has 2 nitrogen and oxygen atoms in total. The second-order valence-corrected chi connectivity index (χ2v) is 6.07. The number of likely N-dealkylation sites (tertiary alicyclic amines) is 1. The van der Waals surface area contributed by atoms with Gasteiger partial charge in [0, 0.05) is 18.3 Å². The Morgan fingerprint density at radius 2 is 1.95 bits per heavy atom. The first-order chi connectivity index (χ1) is 9.24. The van der Waals surface area contributed by atoms with E-state index in [1.165, 1.54) is 50.7 Å². The Kier molecular flexibility index (Phi) is 3.74. The summed E-state index contributed by atoms with van der Waals surface area (Å²) in [5.41, 5.74) is 7.60. The average molecular weight is 262 g/mol. The molecule has 2 aliphatic rings. The fourth-order valence-electron chi connectivity index (χ4n) is 3.85. The lowest BCUT2D eigenvalue weighted by atomic mass is 9.95. The van der Waals surface area contributed by atoms with E-state index < -0.39 is 0 Å². The van der Waals surface area contributed by atoms with Crippen LogP contribution >= 0.6 is 0 Å². The summed E-state index contributed by atoms with van der Waals surface area (Å²) in [6.45, 7) is 2.05. The number of benzene rings is 1. The molecule has 0 spiro atoms. The molecule has 1 saturated carbocycles. The summed E-state index contributed by atoms with van der Waals surface area (Å²) in [6.07, 6.45) is 8.19. The minimum Gasteiger partial charge on any atom is -0.398 e. The summed E-state index contributed by atoms with van der Waals surface area (Å²) in [5.74, 6) is 0.638. The molecule has 0 amide bonds. The predicted molar refractivity (Wildman–Crippen MR) is 76.2 cm³/mol. The summed E-state index contributed by atoms with van der Waals surface area (Å²) < 4.78 is 13.1. The van der Waals surface area contributed by atoms with Crippen LogP contribution in [0.4, 0.5) is 10.1 Å². The number of anilines is 1. The van der Waals surface area contributed by atoms with E-state index in [1.807, 2.05) is 6.07 Å². The summed E-state index contributed by atoms with van der Waals surface area (Å²) in [5, 5.41) is 0. The first kappa shape index (κ1) is 12.9. The Balaban J connectivity index is 1.70. The van der Waals surface area contributed by atoms with Crippen molar-refractivity contribution in [3.05, 3.63) is 29.6 Å². The second kappa shape index (κ2) is 5.49. The van der Waals surface area contributed by atoms with Crippen LogP contribution in [0.3, 0.4) is 0 Å². The van der Waals surface area contributed by atoms with Gasteiger partial charge in [0.1, 0.15) is 5.82 Å². The van der Waals surface area contributed by atoms with Crippen molar-refractivity contribution in [2.24, 2.45) is 5.92 Å². The van der Waals surface area contributed by atoms with Crippen molar-refractivity contribution < 1.29 is 4.39 Å². The molecule has 3 rings (SSSR count). The van der Waals surface area contributed by atoms with Crippen LogP contribution in [-0.4, -0.2) is 17.5 Å². The first-order valence-corrected chi connectivity index (χ1v) is 7.52. The third-order valence-electron chi connectivity index (χ3n) is 4.84. The highest BCUT2D eigenvalue weighted by Crippen LogP contribution is 2.36. The Bertz CT molecular complexity index is 440. The molecule has 0 radical (unpaired) electrons. The SMILES string of the molecule is Nc1cc(F)ccc1CN1CCCC1C1CCCC1. The van der Waals surface area contributed by atoms with Crippen LogP contribution in [0.2, 0.25) is 0 Å². The molecule has 1 unspecified atom stereocenters. The minimum absolute atomic E-state index is 0.241. The molecule has 0 aromatic heterocycles. The molecule has 1 aliphatic heterocycles. The van der Waals surface area contributed by atoms with Gasteiger partial charge in [0.15, 0.2) is 0 Å². The Morgan fingerprint density at radius 1 is 1.16 bits per heavy atom. The van der Waals surface area contributed by atoms with Crippen LogP contribution < -0.4 is 5.73 Å². The zero-order chi connectivity index (χ0) is 13.2. The zero-order valence-electron chi connectivity index (χ0n) is 11.4. The smallest absolute Gasteiger partial charge is 0.125 e. The Hall–Kier alpha value is -1.09. The topological polar surface area (TPSA) is 29.3 Å². The molecule has 1 aromatic rings. The number of rotatable bonds is 3. The maximum Gasteiger partial charge on any atom is 0.125 e. The van der Waals surface area contributed by atoms with Crippen molar-refractivity contribution in [3.63, 3.8) is 0 Å². The molecule has 2 fully saturated rings. The van der Waals surface area contributed by atoms with Gasteiger partial charge < -0.3 is 5.73 Å². The van der Waals surface area contributed by atoms with E-state index in [4.69, 9.17) is 5.73 Å². The average Bonchev–Trinajstić information content (AvgIpc) is 3.03. The van der Waals surface area contributed by atoms with Gasteiger partial charge in [0.25, 0.3) is 0 Å². The van der Waals surface area contributed by atoms with E-state index in [9.17, 15) is 4.39 Å². The quantitative estimate of drug-likeness (QED) is 0.844. The number of nitrogens with two attached hydrogens (primary N) is 1. The standard InChI is InChI=1S/C16H23FN2/c17-14-8-7-13(15(18)10-14)11-19-9-3-6-16(19)12-4-1-2-5-12/h7-8,10,12,16H,1-6,9,11,18H2. The van der Waals surface area contributed by atoms with Crippen LogP contribution in [0.15, 0.2) is 18.2 Å². The Labute approximate surface area is 114 Å². The highest BCUT2D eigenvalue weighted by molar-refractivity contribution is 5.46. The molecular formula is C16H23FN2.